The van der Waals surface area contributed by atoms with Crippen LogP contribution in [0.2, 0.25) is 0 Å². The highest BCUT2D eigenvalue weighted by Gasteiger charge is 2.06. The number of nitrogens with one attached hydrogen (secondary N) is 1. The van der Waals surface area contributed by atoms with Crippen LogP contribution in [0.5, 0.6) is 0 Å². The fourth-order valence-corrected chi connectivity index (χ4v) is 1.96. The Morgan fingerprint density at radius 1 is 1.15 bits per heavy atom. The highest BCUT2D eigenvalue weighted by Crippen LogP contribution is 2.09. The third kappa shape index (κ3) is 3.64. The van der Waals surface area contributed by atoms with E-state index in [0.29, 0.717) is 16.7 Å². The number of carbonyl (C=O) groups excluding carboxylic acids is 1. The number of carboxylic acids is 1. The molecular formula is C14H11BrN2O3. The number of nitrogens with zero attached hydrogens (tertiary/aromatic N) is 1. The van der Waals surface area contributed by atoms with E-state index >= 15 is 0 Å². The largest absolute Gasteiger partial charge is 0.478 e. The van der Waals surface area contributed by atoms with E-state index in [9.17, 15) is 9.59 Å². The zero-order valence-electron chi connectivity index (χ0n) is 10.3. The Bertz CT molecular complexity index is 641. The SMILES string of the molecule is O=C(O)c1ccc(CNC(=O)c2ccnc(Br)c2)cc1. The van der Waals surface area contributed by atoms with Gasteiger partial charge >= 0.3 is 5.97 Å². The summed E-state index contributed by atoms with van der Waals surface area (Å²) < 4.78 is 0.593. The first kappa shape index (κ1) is 14.2. The van der Waals surface area contributed by atoms with Crippen molar-refractivity contribution in [2.24, 2.45) is 0 Å². The van der Waals surface area contributed by atoms with E-state index in [1.807, 2.05) is 0 Å². The van der Waals surface area contributed by atoms with Crippen LogP contribution in [0.25, 0.3) is 0 Å². The van der Waals surface area contributed by atoms with Gasteiger partial charge in [-0.3, -0.25) is 4.79 Å². The van der Waals surface area contributed by atoms with Crippen molar-refractivity contribution in [2.45, 2.75) is 6.54 Å². The molecule has 2 aromatic rings. The molecule has 5 nitrogen and oxygen atoms in total. The van der Waals surface area contributed by atoms with Crippen molar-refractivity contribution in [3.05, 3.63) is 63.9 Å². The number of amides is 1. The fraction of sp³-hybridized carbons (Fsp3) is 0.0714. The van der Waals surface area contributed by atoms with Crippen LogP contribution < -0.4 is 5.32 Å². The van der Waals surface area contributed by atoms with Gasteiger partial charge in [-0.15, -0.1) is 0 Å². The molecule has 0 aliphatic carbocycles. The number of halogens is 1. The number of benzene rings is 1. The number of carboxylic acid groups (broad SMARTS) is 1. The molecule has 2 N–H and O–H groups in total. The summed E-state index contributed by atoms with van der Waals surface area (Å²) in [5.41, 5.74) is 1.56. The molecule has 0 saturated carbocycles. The number of hydrogen-bond acceptors (Lipinski definition) is 3. The number of pyridine rings is 1. The predicted octanol–water partition coefficient (Wildman–Crippen LogP) is 2.47. The van der Waals surface area contributed by atoms with Crippen LogP contribution in [-0.2, 0) is 6.54 Å². The summed E-state index contributed by atoms with van der Waals surface area (Å²) in [4.78, 5) is 26.6. The number of aromatic carboxylic acids is 1. The van der Waals surface area contributed by atoms with Crippen LogP contribution in [0.4, 0.5) is 0 Å². The minimum atomic E-state index is -0.970. The van der Waals surface area contributed by atoms with Crippen molar-refractivity contribution >= 4 is 27.8 Å². The van der Waals surface area contributed by atoms with E-state index in [1.165, 1.54) is 12.1 Å². The Kier molecular flexibility index (Phi) is 4.47. The second-order valence-electron chi connectivity index (χ2n) is 4.05. The molecule has 0 unspecified atom stereocenters. The topological polar surface area (TPSA) is 79.3 Å². The number of carbonyl (C=O) groups is 2. The first-order chi connectivity index (χ1) is 9.56. The monoisotopic (exact) mass is 334 g/mol. The predicted molar refractivity (Wildman–Crippen MR) is 76.5 cm³/mol. The Balaban J connectivity index is 1.98. The zero-order valence-corrected chi connectivity index (χ0v) is 11.9. The van der Waals surface area contributed by atoms with E-state index in [0.717, 1.165) is 5.56 Å². The lowest BCUT2D eigenvalue weighted by Gasteiger charge is -2.06. The van der Waals surface area contributed by atoms with Crippen LogP contribution in [0.3, 0.4) is 0 Å². The van der Waals surface area contributed by atoms with Gasteiger partial charge in [0.05, 0.1) is 5.56 Å². The molecule has 1 heterocycles. The van der Waals surface area contributed by atoms with Crippen molar-refractivity contribution in [1.82, 2.24) is 10.3 Å². The molecule has 1 aromatic heterocycles. The fourth-order valence-electron chi connectivity index (χ4n) is 1.59. The van der Waals surface area contributed by atoms with Crippen LogP contribution in [0.1, 0.15) is 26.3 Å². The third-order valence-electron chi connectivity index (χ3n) is 2.64. The maximum atomic E-state index is 11.9. The number of aromatic nitrogens is 1. The maximum Gasteiger partial charge on any atom is 0.335 e. The van der Waals surface area contributed by atoms with Crippen LogP contribution in [0, 0.1) is 0 Å². The summed E-state index contributed by atoms with van der Waals surface area (Å²) in [6, 6.07) is 9.61. The van der Waals surface area contributed by atoms with Crippen molar-refractivity contribution in [1.29, 1.82) is 0 Å². The summed E-state index contributed by atoms with van der Waals surface area (Å²) in [7, 11) is 0. The molecule has 6 heteroatoms. The summed E-state index contributed by atoms with van der Waals surface area (Å²) in [6.45, 7) is 0.332. The first-order valence-electron chi connectivity index (χ1n) is 5.78. The summed E-state index contributed by atoms with van der Waals surface area (Å²) in [6.07, 6.45) is 1.54. The summed E-state index contributed by atoms with van der Waals surface area (Å²) >= 11 is 3.20. The van der Waals surface area contributed by atoms with Gasteiger partial charge < -0.3 is 10.4 Å². The molecule has 0 bridgehead atoms. The van der Waals surface area contributed by atoms with E-state index in [4.69, 9.17) is 5.11 Å². The van der Waals surface area contributed by atoms with Crippen LogP contribution in [0.15, 0.2) is 47.2 Å². The third-order valence-corrected chi connectivity index (χ3v) is 3.08. The van der Waals surface area contributed by atoms with Crippen molar-refractivity contribution < 1.29 is 14.7 Å². The zero-order chi connectivity index (χ0) is 14.5. The van der Waals surface area contributed by atoms with Gasteiger partial charge in [0.25, 0.3) is 5.91 Å². The lowest BCUT2D eigenvalue weighted by atomic mass is 10.1. The molecule has 102 valence electrons. The van der Waals surface area contributed by atoms with Gasteiger partial charge in [-0.25, -0.2) is 9.78 Å². The second kappa shape index (κ2) is 6.29. The lowest BCUT2D eigenvalue weighted by Crippen LogP contribution is -2.22. The van der Waals surface area contributed by atoms with E-state index in [2.05, 4.69) is 26.2 Å². The van der Waals surface area contributed by atoms with E-state index in [-0.39, 0.29) is 11.5 Å². The first-order valence-corrected chi connectivity index (χ1v) is 6.57. The molecule has 0 saturated heterocycles. The Hall–Kier alpha value is -2.21. The molecule has 2 rings (SSSR count). The lowest BCUT2D eigenvalue weighted by molar-refractivity contribution is 0.0696. The smallest absolute Gasteiger partial charge is 0.335 e. The van der Waals surface area contributed by atoms with Crippen molar-refractivity contribution in [2.75, 3.05) is 0 Å². The molecule has 1 aromatic carbocycles. The standard InChI is InChI=1S/C14H11BrN2O3/c15-12-7-11(5-6-16-12)13(18)17-8-9-1-3-10(4-2-9)14(19)20/h1-7H,8H2,(H,17,18)(H,19,20). The van der Waals surface area contributed by atoms with Gasteiger partial charge in [-0.1, -0.05) is 12.1 Å². The van der Waals surface area contributed by atoms with Crippen molar-refractivity contribution in [3.8, 4) is 0 Å². The summed E-state index contributed by atoms with van der Waals surface area (Å²) in [5, 5.41) is 11.5. The van der Waals surface area contributed by atoms with Crippen LogP contribution in [-0.4, -0.2) is 22.0 Å². The molecule has 0 aliphatic rings. The van der Waals surface area contributed by atoms with Gasteiger partial charge in [-0.05, 0) is 45.8 Å². The van der Waals surface area contributed by atoms with Gasteiger partial charge in [0.1, 0.15) is 4.60 Å². The average Bonchev–Trinajstić information content (AvgIpc) is 2.45. The Labute approximate surface area is 123 Å². The highest BCUT2D eigenvalue weighted by molar-refractivity contribution is 9.10. The quantitative estimate of drug-likeness (QED) is 0.842. The maximum absolute atomic E-state index is 11.9. The Morgan fingerprint density at radius 3 is 2.45 bits per heavy atom. The van der Waals surface area contributed by atoms with E-state index < -0.39 is 5.97 Å². The minimum Gasteiger partial charge on any atom is -0.478 e. The molecule has 20 heavy (non-hydrogen) atoms. The molecule has 0 spiro atoms. The molecule has 0 fully saturated rings. The normalized spacial score (nSPS) is 10.1. The van der Waals surface area contributed by atoms with Crippen molar-refractivity contribution in [3.63, 3.8) is 0 Å². The summed E-state index contributed by atoms with van der Waals surface area (Å²) in [5.74, 6) is -1.18. The van der Waals surface area contributed by atoms with Gasteiger partial charge in [-0.2, -0.15) is 0 Å². The van der Waals surface area contributed by atoms with Gasteiger partial charge in [0.15, 0.2) is 0 Å². The van der Waals surface area contributed by atoms with Gasteiger partial charge in [0, 0.05) is 18.3 Å². The Morgan fingerprint density at radius 2 is 1.85 bits per heavy atom. The average molecular weight is 335 g/mol. The molecule has 0 radical (unpaired) electrons. The number of hydrogen-bond donors (Lipinski definition) is 2. The molecule has 1 amide bonds. The molecular weight excluding hydrogens is 324 g/mol. The highest BCUT2D eigenvalue weighted by atomic mass is 79.9. The number of rotatable bonds is 4. The molecule has 0 aliphatic heterocycles. The van der Waals surface area contributed by atoms with E-state index in [1.54, 1.807) is 30.5 Å². The second-order valence-corrected chi connectivity index (χ2v) is 4.86. The van der Waals surface area contributed by atoms with Gasteiger partial charge in [0.2, 0.25) is 0 Å². The minimum absolute atomic E-state index is 0.213. The van der Waals surface area contributed by atoms with Crippen LogP contribution >= 0.6 is 15.9 Å². The molecule has 0 atom stereocenters.